The lowest BCUT2D eigenvalue weighted by atomic mass is 10.0. The zero-order chi connectivity index (χ0) is 20.4. The van der Waals surface area contributed by atoms with Crippen molar-refractivity contribution < 1.29 is 29.4 Å². The van der Waals surface area contributed by atoms with E-state index in [1.54, 1.807) is 30.3 Å². The molecule has 0 radical (unpaired) electrons. The predicted molar refractivity (Wildman–Crippen MR) is 95.4 cm³/mol. The van der Waals surface area contributed by atoms with E-state index in [0.29, 0.717) is 0 Å². The Labute approximate surface area is 156 Å². The molecule has 0 saturated carbocycles. The lowest BCUT2D eigenvalue weighted by Crippen LogP contribution is -2.57. The maximum Gasteiger partial charge on any atom is 0.325 e. The molecule has 0 saturated heterocycles. The summed E-state index contributed by atoms with van der Waals surface area (Å²) in [6.45, 7) is 0.232. The van der Waals surface area contributed by atoms with Crippen molar-refractivity contribution in [2.45, 2.75) is 31.5 Å². The summed E-state index contributed by atoms with van der Waals surface area (Å²) in [5.41, 5.74) is 5.89. The number of carbonyl (C=O) groups excluding carboxylic acids is 3. The topological polar surface area (TPSA) is 171 Å². The van der Waals surface area contributed by atoms with Crippen molar-refractivity contribution in [1.29, 1.82) is 0 Å². The number of aliphatic hydroxyl groups is 1. The molecular weight excluding hydrogens is 356 g/mol. The summed E-state index contributed by atoms with van der Waals surface area (Å²) in [7, 11) is 0. The molecule has 0 fully saturated rings. The van der Waals surface area contributed by atoms with Crippen molar-refractivity contribution in [2.75, 3.05) is 13.2 Å². The van der Waals surface area contributed by atoms with Crippen molar-refractivity contribution >= 4 is 23.7 Å². The van der Waals surface area contributed by atoms with Gasteiger partial charge in [-0.1, -0.05) is 30.3 Å². The summed E-state index contributed by atoms with van der Waals surface area (Å²) in [6.07, 6.45) is 0.0910. The summed E-state index contributed by atoms with van der Waals surface area (Å²) in [6, 6.07) is 5.23. The van der Waals surface area contributed by atoms with Gasteiger partial charge >= 0.3 is 5.97 Å². The number of carboxylic acids is 1. The lowest BCUT2D eigenvalue weighted by Gasteiger charge is -2.23. The third-order valence-electron chi connectivity index (χ3n) is 3.66. The van der Waals surface area contributed by atoms with Crippen LogP contribution < -0.4 is 21.7 Å². The van der Waals surface area contributed by atoms with Gasteiger partial charge in [0, 0.05) is 6.42 Å². The van der Waals surface area contributed by atoms with E-state index in [-0.39, 0.29) is 13.0 Å². The van der Waals surface area contributed by atoms with Crippen molar-refractivity contribution in [3.05, 3.63) is 35.9 Å². The largest absolute Gasteiger partial charge is 0.480 e. The molecule has 0 aliphatic heterocycles. The highest BCUT2D eigenvalue weighted by molar-refractivity contribution is 5.93. The van der Waals surface area contributed by atoms with Crippen LogP contribution in [-0.2, 0) is 25.6 Å². The van der Waals surface area contributed by atoms with Crippen molar-refractivity contribution in [3.8, 4) is 0 Å². The van der Waals surface area contributed by atoms with Gasteiger partial charge in [0.2, 0.25) is 17.7 Å². The number of nitrogens with two attached hydrogens (primary N) is 1. The summed E-state index contributed by atoms with van der Waals surface area (Å²) >= 11 is 0. The van der Waals surface area contributed by atoms with Crippen LogP contribution in [0.5, 0.6) is 0 Å². The normalized spacial score (nSPS) is 13.7. The Morgan fingerprint density at radius 2 is 1.59 bits per heavy atom. The van der Waals surface area contributed by atoms with Gasteiger partial charge in [0.25, 0.3) is 0 Å². The molecule has 1 aromatic carbocycles. The second-order valence-corrected chi connectivity index (χ2v) is 5.83. The van der Waals surface area contributed by atoms with E-state index in [4.69, 9.17) is 10.8 Å². The van der Waals surface area contributed by atoms with Gasteiger partial charge in [-0.05, 0) is 12.5 Å². The molecule has 27 heavy (non-hydrogen) atoms. The van der Waals surface area contributed by atoms with Crippen molar-refractivity contribution in [1.82, 2.24) is 16.0 Å². The van der Waals surface area contributed by atoms with Crippen LogP contribution in [-0.4, -0.2) is 65.2 Å². The molecule has 7 N–H and O–H groups in total. The minimum absolute atomic E-state index is 0.0910. The van der Waals surface area contributed by atoms with Gasteiger partial charge in [-0.2, -0.15) is 0 Å². The summed E-state index contributed by atoms with van der Waals surface area (Å²) < 4.78 is 0. The average molecular weight is 380 g/mol. The molecular formula is C17H24N4O6. The smallest absolute Gasteiger partial charge is 0.325 e. The Bertz CT molecular complexity index is 667. The van der Waals surface area contributed by atoms with Crippen LogP contribution in [0.3, 0.4) is 0 Å². The van der Waals surface area contributed by atoms with E-state index in [1.807, 2.05) is 0 Å². The van der Waals surface area contributed by atoms with E-state index in [2.05, 4.69) is 16.0 Å². The minimum atomic E-state index is -1.29. The highest BCUT2D eigenvalue weighted by atomic mass is 16.4. The first-order chi connectivity index (χ1) is 12.8. The van der Waals surface area contributed by atoms with Crippen LogP contribution in [0.2, 0.25) is 0 Å². The maximum absolute atomic E-state index is 12.4. The molecule has 148 valence electrons. The number of nitrogens with one attached hydrogen (secondary N) is 3. The van der Waals surface area contributed by atoms with Crippen LogP contribution in [0.1, 0.15) is 12.5 Å². The molecule has 3 amide bonds. The molecule has 0 aromatic heterocycles. The SMILES string of the molecule is CC(NC(=O)C(Cc1ccccc1)NC(=O)C(CO)NC(=O)CN)C(=O)O. The fraction of sp³-hybridized carbons (Fsp3) is 0.412. The third kappa shape index (κ3) is 7.42. The maximum atomic E-state index is 12.4. The van der Waals surface area contributed by atoms with E-state index in [0.717, 1.165) is 5.56 Å². The Morgan fingerprint density at radius 1 is 1.00 bits per heavy atom. The first-order valence-corrected chi connectivity index (χ1v) is 8.26. The van der Waals surface area contributed by atoms with Crippen LogP contribution >= 0.6 is 0 Å². The number of aliphatic hydroxyl groups excluding tert-OH is 1. The highest BCUT2D eigenvalue weighted by Crippen LogP contribution is 2.04. The number of amides is 3. The molecule has 0 bridgehead atoms. The summed E-state index contributed by atoms with van der Waals surface area (Å²) in [5.74, 6) is -3.37. The van der Waals surface area contributed by atoms with Gasteiger partial charge in [-0.25, -0.2) is 0 Å². The molecule has 1 aromatic rings. The van der Waals surface area contributed by atoms with Gasteiger partial charge in [-0.15, -0.1) is 0 Å². The number of benzene rings is 1. The van der Waals surface area contributed by atoms with Crippen LogP contribution in [0.15, 0.2) is 30.3 Å². The molecule has 10 nitrogen and oxygen atoms in total. The van der Waals surface area contributed by atoms with E-state index >= 15 is 0 Å². The van der Waals surface area contributed by atoms with Gasteiger partial charge in [-0.3, -0.25) is 19.2 Å². The number of rotatable bonds is 10. The number of hydrogen-bond donors (Lipinski definition) is 6. The quantitative estimate of drug-likeness (QED) is 0.266. The fourth-order valence-corrected chi connectivity index (χ4v) is 2.15. The van der Waals surface area contributed by atoms with Crippen molar-refractivity contribution in [2.24, 2.45) is 5.73 Å². The predicted octanol–water partition coefficient (Wildman–Crippen LogP) is -2.26. The molecule has 3 unspecified atom stereocenters. The molecule has 0 aliphatic carbocycles. The number of hydrogen-bond acceptors (Lipinski definition) is 6. The second kappa shape index (κ2) is 10.9. The first-order valence-electron chi connectivity index (χ1n) is 8.26. The number of aliphatic carboxylic acids is 1. The van der Waals surface area contributed by atoms with Gasteiger partial charge in [0.1, 0.15) is 18.1 Å². The molecule has 0 spiro atoms. The Kier molecular flexibility index (Phi) is 8.90. The summed E-state index contributed by atoms with van der Waals surface area (Å²) in [5, 5.41) is 25.2. The van der Waals surface area contributed by atoms with E-state index in [1.165, 1.54) is 6.92 Å². The molecule has 0 aliphatic rings. The van der Waals surface area contributed by atoms with Crippen LogP contribution in [0.25, 0.3) is 0 Å². The number of carbonyl (C=O) groups is 4. The van der Waals surface area contributed by atoms with Crippen LogP contribution in [0.4, 0.5) is 0 Å². The summed E-state index contributed by atoms with van der Waals surface area (Å²) in [4.78, 5) is 47.1. The average Bonchev–Trinajstić information content (AvgIpc) is 2.65. The Balaban J connectivity index is 2.92. The Morgan fingerprint density at radius 3 is 2.11 bits per heavy atom. The first kappa shape index (κ1) is 22.1. The molecule has 10 heteroatoms. The second-order valence-electron chi connectivity index (χ2n) is 5.83. The molecule has 1 rings (SSSR count). The van der Waals surface area contributed by atoms with Crippen molar-refractivity contribution in [3.63, 3.8) is 0 Å². The van der Waals surface area contributed by atoms with Crippen LogP contribution in [0, 0.1) is 0 Å². The minimum Gasteiger partial charge on any atom is -0.480 e. The van der Waals surface area contributed by atoms with E-state index in [9.17, 15) is 24.3 Å². The monoisotopic (exact) mass is 380 g/mol. The fourth-order valence-electron chi connectivity index (χ4n) is 2.15. The standard InChI is InChI=1S/C17H24N4O6/c1-10(17(26)27)19-15(24)12(7-11-5-3-2-4-6-11)21-16(25)13(9-22)20-14(23)8-18/h2-6,10,12-13,22H,7-9,18H2,1H3,(H,19,24)(H,20,23)(H,21,25)(H,26,27). The molecule has 3 atom stereocenters. The van der Waals surface area contributed by atoms with Gasteiger partial charge in [0.05, 0.1) is 13.2 Å². The zero-order valence-electron chi connectivity index (χ0n) is 14.8. The molecule has 0 heterocycles. The van der Waals surface area contributed by atoms with Gasteiger partial charge in [0.15, 0.2) is 0 Å². The highest BCUT2D eigenvalue weighted by Gasteiger charge is 2.28. The number of carboxylic acid groups (broad SMARTS) is 1. The van der Waals surface area contributed by atoms with Gasteiger partial charge < -0.3 is 31.9 Å². The third-order valence-corrected chi connectivity index (χ3v) is 3.66. The Hall–Kier alpha value is -2.98. The lowest BCUT2D eigenvalue weighted by molar-refractivity contribution is -0.141. The zero-order valence-corrected chi connectivity index (χ0v) is 14.8. The van der Waals surface area contributed by atoms with E-state index < -0.39 is 48.4 Å².